The van der Waals surface area contributed by atoms with E-state index in [0.717, 1.165) is 66.0 Å². The normalized spacial score (nSPS) is 21.2. The third-order valence-corrected chi connectivity index (χ3v) is 6.97. The Balaban J connectivity index is 1.26. The molecule has 0 radical (unpaired) electrons. The van der Waals surface area contributed by atoms with Crippen molar-refractivity contribution in [3.63, 3.8) is 0 Å². The molecule has 0 aliphatic carbocycles. The number of hydrogen-bond donors (Lipinski definition) is 1. The summed E-state index contributed by atoms with van der Waals surface area (Å²) in [6.45, 7) is 3.59. The monoisotopic (exact) mass is 439 g/mol. The summed E-state index contributed by atoms with van der Waals surface area (Å²) >= 11 is 0. The number of benzene rings is 3. The molecule has 0 bridgehead atoms. The van der Waals surface area contributed by atoms with Crippen molar-refractivity contribution >= 4 is 11.1 Å². The van der Waals surface area contributed by atoms with Gasteiger partial charge < -0.3 is 19.5 Å². The molecule has 0 aromatic heterocycles. The lowest BCUT2D eigenvalue weighted by Crippen LogP contribution is -2.30. The van der Waals surface area contributed by atoms with Gasteiger partial charge in [-0.05, 0) is 68.1 Å². The summed E-state index contributed by atoms with van der Waals surface area (Å²) < 4.78 is 18.8. The number of para-hydroxylation sites is 2. The quantitative estimate of drug-likeness (QED) is 0.538. The molecule has 0 saturated carbocycles. The zero-order chi connectivity index (χ0) is 22.0. The second kappa shape index (κ2) is 8.95. The first kappa shape index (κ1) is 20.4. The van der Waals surface area contributed by atoms with Crippen molar-refractivity contribution in [2.24, 2.45) is 5.92 Å². The Labute approximate surface area is 195 Å². The van der Waals surface area contributed by atoms with Crippen LogP contribution in [0.3, 0.4) is 0 Å². The van der Waals surface area contributed by atoms with Crippen LogP contribution in [0.4, 0.5) is 0 Å². The van der Waals surface area contributed by atoms with E-state index in [9.17, 15) is 0 Å². The van der Waals surface area contributed by atoms with Crippen LogP contribution in [0.25, 0.3) is 11.1 Å². The summed E-state index contributed by atoms with van der Waals surface area (Å²) in [6.07, 6.45) is 3.50. The molecule has 1 saturated heterocycles. The minimum absolute atomic E-state index is 0.178. The Bertz CT molecular complexity index is 1160. The van der Waals surface area contributed by atoms with Crippen LogP contribution in [-0.4, -0.2) is 26.3 Å². The zero-order valence-corrected chi connectivity index (χ0v) is 18.8. The smallest absolute Gasteiger partial charge is 0.150 e. The molecule has 2 unspecified atom stereocenters. The van der Waals surface area contributed by atoms with E-state index in [1.807, 2.05) is 24.3 Å². The van der Waals surface area contributed by atoms with Crippen LogP contribution >= 0.6 is 0 Å². The van der Waals surface area contributed by atoms with E-state index in [0.29, 0.717) is 6.61 Å². The molecular weight excluding hydrogens is 410 g/mol. The fourth-order valence-electron chi connectivity index (χ4n) is 5.22. The van der Waals surface area contributed by atoms with Crippen molar-refractivity contribution in [1.82, 2.24) is 5.32 Å². The van der Waals surface area contributed by atoms with E-state index in [4.69, 9.17) is 14.2 Å². The van der Waals surface area contributed by atoms with Gasteiger partial charge in [-0.25, -0.2) is 0 Å². The van der Waals surface area contributed by atoms with Crippen LogP contribution in [0.5, 0.6) is 17.2 Å². The van der Waals surface area contributed by atoms with Gasteiger partial charge in [0.15, 0.2) is 6.10 Å². The first-order valence-corrected chi connectivity index (χ1v) is 12.0. The average molecular weight is 440 g/mol. The molecule has 1 fully saturated rings. The summed E-state index contributed by atoms with van der Waals surface area (Å²) in [7, 11) is 0. The molecule has 4 heteroatoms. The summed E-state index contributed by atoms with van der Waals surface area (Å²) in [5.74, 6) is 3.47. The fraction of sp³-hybridized carbons (Fsp3) is 0.310. The maximum Gasteiger partial charge on any atom is 0.150 e. The fourth-order valence-corrected chi connectivity index (χ4v) is 5.22. The Morgan fingerprint density at radius 1 is 0.879 bits per heavy atom. The number of fused-ring (bicyclic) bond motifs is 4. The lowest BCUT2D eigenvalue weighted by Gasteiger charge is -2.35. The SMILES string of the molecule is c1ccc2c(c1)OC(c1ccc(OCCC3CCCNC3)cc1)C1=C2COc2ccccc21. The van der Waals surface area contributed by atoms with Crippen molar-refractivity contribution in [3.8, 4) is 17.2 Å². The molecule has 3 aliphatic rings. The van der Waals surface area contributed by atoms with Gasteiger partial charge in [0.1, 0.15) is 23.9 Å². The minimum Gasteiger partial charge on any atom is -0.494 e. The Morgan fingerprint density at radius 3 is 2.48 bits per heavy atom. The molecular formula is C29H29NO3. The summed E-state index contributed by atoms with van der Waals surface area (Å²) in [5, 5.41) is 3.48. The lowest BCUT2D eigenvalue weighted by atomic mass is 9.84. The number of ether oxygens (including phenoxy) is 3. The zero-order valence-electron chi connectivity index (χ0n) is 18.8. The molecule has 3 heterocycles. The number of rotatable bonds is 5. The van der Waals surface area contributed by atoms with Gasteiger partial charge in [-0.15, -0.1) is 0 Å². The molecule has 1 N–H and O–H groups in total. The first-order valence-electron chi connectivity index (χ1n) is 12.0. The topological polar surface area (TPSA) is 39.7 Å². The highest BCUT2D eigenvalue weighted by Gasteiger charge is 2.34. The Morgan fingerprint density at radius 2 is 1.67 bits per heavy atom. The van der Waals surface area contributed by atoms with Gasteiger partial charge in [0, 0.05) is 22.3 Å². The predicted octanol–water partition coefficient (Wildman–Crippen LogP) is 5.89. The van der Waals surface area contributed by atoms with Crippen LogP contribution in [0.1, 0.15) is 42.1 Å². The highest BCUT2D eigenvalue weighted by atomic mass is 16.5. The molecule has 3 aromatic rings. The average Bonchev–Trinajstić information content (AvgIpc) is 2.89. The van der Waals surface area contributed by atoms with Crippen molar-refractivity contribution in [1.29, 1.82) is 0 Å². The highest BCUT2D eigenvalue weighted by Crippen LogP contribution is 2.50. The van der Waals surface area contributed by atoms with Gasteiger partial charge >= 0.3 is 0 Å². The number of nitrogens with one attached hydrogen (secondary N) is 1. The highest BCUT2D eigenvalue weighted by molar-refractivity contribution is 5.99. The van der Waals surface area contributed by atoms with Gasteiger partial charge in [-0.2, -0.15) is 0 Å². The first-order chi connectivity index (χ1) is 16.4. The van der Waals surface area contributed by atoms with E-state index in [1.165, 1.54) is 24.0 Å². The minimum atomic E-state index is -0.178. The maximum absolute atomic E-state index is 6.58. The van der Waals surface area contributed by atoms with Crippen LogP contribution < -0.4 is 19.5 Å². The number of hydrogen-bond acceptors (Lipinski definition) is 4. The van der Waals surface area contributed by atoms with Crippen molar-refractivity contribution in [3.05, 3.63) is 89.5 Å². The summed E-state index contributed by atoms with van der Waals surface area (Å²) in [5.41, 5.74) is 5.77. The molecule has 0 amide bonds. The molecule has 2 atom stereocenters. The summed E-state index contributed by atoms with van der Waals surface area (Å²) in [6, 6.07) is 24.9. The van der Waals surface area contributed by atoms with E-state index >= 15 is 0 Å². The van der Waals surface area contributed by atoms with Crippen molar-refractivity contribution in [2.75, 3.05) is 26.3 Å². The molecule has 0 spiro atoms. The van der Waals surface area contributed by atoms with E-state index in [1.54, 1.807) is 0 Å². The standard InChI is InChI=1S/C29H29NO3/c1-4-10-27-23(7-1)25-19-32-26-9-3-2-8-24(26)28(25)29(33-27)21-11-13-22(14-12-21)31-17-15-20-6-5-16-30-18-20/h1-4,7-14,20,29-30H,5-6,15-19H2. The van der Waals surface area contributed by atoms with Gasteiger partial charge in [0.2, 0.25) is 0 Å². The van der Waals surface area contributed by atoms with E-state index in [2.05, 4.69) is 53.8 Å². The van der Waals surface area contributed by atoms with Crippen LogP contribution in [-0.2, 0) is 0 Å². The molecule has 33 heavy (non-hydrogen) atoms. The Kier molecular flexibility index (Phi) is 5.53. The van der Waals surface area contributed by atoms with Gasteiger partial charge in [0.05, 0.1) is 6.61 Å². The van der Waals surface area contributed by atoms with Crippen LogP contribution in [0, 0.1) is 5.92 Å². The largest absolute Gasteiger partial charge is 0.494 e. The second-order valence-electron chi connectivity index (χ2n) is 9.09. The lowest BCUT2D eigenvalue weighted by molar-refractivity contribution is 0.250. The van der Waals surface area contributed by atoms with Crippen LogP contribution in [0.2, 0.25) is 0 Å². The van der Waals surface area contributed by atoms with Gasteiger partial charge in [-0.3, -0.25) is 0 Å². The van der Waals surface area contributed by atoms with Gasteiger partial charge in [-0.1, -0.05) is 48.5 Å². The van der Waals surface area contributed by atoms with E-state index < -0.39 is 0 Å². The van der Waals surface area contributed by atoms with E-state index in [-0.39, 0.29) is 6.10 Å². The third kappa shape index (κ3) is 4.00. The molecule has 4 nitrogen and oxygen atoms in total. The van der Waals surface area contributed by atoms with Crippen LogP contribution in [0.15, 0.2) is 72.8 Å². The molecule has 168 valence electrons. The van der Waals surface area contributed by atoms with Gasteiger partial charge in [0.25, 0.3) is 0 Å². The number of piperidine rings is 1. The Hall–Kier alpha value is -3.24. The van der Waals surface area contributed by atoms with Crippen molar-refractivity contribution < 1.29 is 14.2 Å². The maximum atomic E-state index is 6.58. The van der Waals surface area contributed by atoms with Crippen molar-refractivity contribution in [2.45, 2.75) is 25.4 Å². The third-order valence-electron chi connectivity index (χ3n) is 6.97. The summed E-state index contributed by atoms with van der Waals surface area (Å²) in [4.78, 5) is 0. The molecule has 3 aliphatic heterocycles. The molecule has 3 aromatic carbocycles. The molecule has 6 rings (SSSR count). The second-order valence-corrected chi connectivity index (χ2v) is 9.09. The predicted molar refractivity (Wildman–Crippen MR) is 131 cm³/mol.